The second-order valence-electron chi connectivity index (χ2n) is 6.46. The van der Waals surface area contributed by atoms with Gasteiger partial charge in [-0.1, -0.05) is 12.1 Å². The van der Waals surface area contributed by atoms with Crippen LogP contribution in [0.15, 0.2) is 27.8 Å². The average molecular weight is 301 g/mol. The van der Waals surface area contributed by atoms with Crippen molar-refractivity contribution in [1.82, 2.24) is 14.5 Å². The minimum absolute atomic E-state index is 0.00355. The van der Waals surface area contributed by atoms with Gasteiger partial charge in [0.05, 0.1) is 10.9 Å². The van der Waals surface area contributed by atoms with Crippen LogP contribution in [0.5, 0.6) is 0 Å². The molecule has 5 heteroatoms. The molecule has 1 aliphatic heterocycles. The molecule has 1 aromatic heterocycles. The van der Waals surface area contributed by atoms with Gasteiger partial charge < -0.3 is 9.88 Å². The van der Waals surface area contributed by atoms with Gasteiger partial charge in [-0.3, -0.25) is 9.36 Å². The van der Waals surface area contributed by atoms with E-state index in [0.717, 1.165) is 31.5 Å². The Morgan fingerprint density at radius 2 is 1.86 bits per heavy atom. The molecule has 2 heterocycles. The number of hydrogen-bond acceptors (Lipinski definition) is 3. The van der Waals surface area contributed by atoms with Crippen LogP contribution in [0.1, 0.15) is 38.3 Å². The summed E-state index contributed by atoms with van der Waals surface area (Å²) in [6.07, 6.45) is 1.69. The molecular formula is C17H23N3O2. The zero-order valence-corrected chi connectivity index (χ0v) is 13.4. The van der Waals surface area contributed by atoms with Crippen molar-refractivity contribution >= 4 is 10.9 Å². The Labute approximate surface area is 129 Å². The molecule has 118 valence electrons. The first-order valence-electron chi connectivity index (χ1n) is 7.97. The lowest BCUT2D eigenvalue weighted by Gasteiger charge is -2.34. The Morgan fingerprint density at radius 3 is 2.50 bits per heavy atom. The summed E-state index contributed by atoms with van der Waals surface area (Å²) in [6, 6.07) is 6.07. The van der Waals surface area contributed by atoms with Gasteiger partial charge in [0.2, 0.25) is 0 Å². The predicted octanol–water partition coefficient (Wildman–Crippen LogP) is 2.04. The molecule has 1 aromatic carbocycles. The highest BCUT2D eigenvalue weighted by atomic mass is 16.2. The Balaban J connectivity index is 2.02. The third kappa shape index (κ3) is 2.50. The quantitative estimate of drug-likeness (QED) is 0.923. The minimum Gasteiger partial charge on any atom is -0.306 e. The number of H-pyrrole nitrogens is 1. The zero-order valence-electron chi connectivity index (χ0n) is 13.4. The Hall–Kier alpha value is -1.88. The lowest BCUT2D eigenvalue weighted by atomic mass is 10.0. The highest BCUT2D eigenvalue weighted by molar-refractivity contribution is 5.80. The van der Waals surface area contributed by atoms with E-state index >= 15 is 0 Å². The standard InChI is InChI=1S/C17H23N3O2/c1-11(2)19-9-7-13(8-10-19)20-16(21)14-6-4-5-12(3)15(14)18-17(20)22/h4-6,11,13H,7-10H2,1-3H3,(H,18,22). The number of benzene rings is 1. The highest BCUT2D eigenvalue weighted by Gasteiger charge is 2.24. The highest BCUT2D eigenvalue weighted by Crippen LogP contribution is 2.22. The number of fused-ring (bicyclic) bond motifs is 1. The summed E-state index contributed by atoms with van der Waals surface area (Å²) in [5.74, 6) is 0. The summed E-state index contributed by atoms with van der Waals surface area (Å²) in [5, 5.41) is 0.603. The topological polar surface area (TPSA) is 58.1 Å². The molecule has 0 aliphatic carbocycles. The Bertz CT molecular complexity index is 796. The average Bonchev–Trinajstić information content (AvgIpc) is 2.49. The Morgan fingerprint density at radius 1 is 1.18 bits per heavy atom. The summed E-state index contributed by atoms with van der Waals surface area (Å²) < 4.78 is 1.43. The fourth-order valence-corrected chi connectivity index (χ4v) is 3.39. The van der Waals surface area contributed by atoms with Crippen molar-refractivity contribution in [3.05, 3.63) is 44.6 Å². The van der Waals surface area contributed by atoms with E-state index < -0.39 is 0 Å². The van der Waals surface area contributed by atoms with Crippen molar-refractivity contribution in [2.24, 2.45) is 0 Å². The summed E-state index contributed by atoms with van der Waals surface area (Å²) in [4.78, 5) is 30.4. The van der Waals surface area contributed by atoms with Crippen LogP contribution in [0, 0.1) is 6.92 Å². The van der Waals surface area contributed by atoms with E-state index in [1.807, 2.05) is 19.1 Å². The smallest absolute Gasteiger partial charge is 0.306 e. The number of nitrogens with zero attached hydrogens (tertiary/aromatic N) is 2. The van der Waals surface area contributed by atoms with Gasteiger partial charge in [0.1, 0.15) is 0 Å². The number of hydrogen-bond donors (Lipinski definition) is 1. The molecule has 0 radical (unpaired) electrons. The lowest BCUT2D eigenvalue weighted by Crippen LogP contribution is -2.45. The summed E-state index contributed by atoms with van der Waals surface area (Å²) in [7, 11) is 0. The van der Waals surface area contributed by atoms with E-state index in [1.165, 1.54) is 4.57 Å². The number of aromatic nitrogens is 2. The van der Waals surface area contributed by atoms with Crippen molar-refractivity contribution in [3.63, 3.8) is 0 Å². The fourth-order valence-electron chi connectivity index (χ4n) is 3.39. The number of likely N-dealkylation sites (tertiary alicyclic amines) is 1. The third-order valence-electron chi connectivity index (χ3n) is 4.77. The van der Waals surface area contributed by atoms with Crippen molar-refractivity contribution in [2.45, 2.75) is 45.7 Å². The molecule has 5 nitrogen and oxygen atoms in total. The summed E-state index contributed by atoms with van der Waals surface area (Å²) in [5.41, 5.74) is 1.14. The maximum Gasteiger partial charge on any atom is 0.329 e. The van der Waals surface area contributed by atoms with Crippen molar-refractivity contribution in [1.29, 1.82) is 0 Å². The van der Waals surface area contributed by atoms with E-state index in [-0.39, 0.29) is 17.3 Å². The van der Waals surface area contributed by atoms with E-state index in [2.05, 4.69) is 23.7 Å². The zero-order chi connectivity index (χ0) is 15.9. The number of aryl methyl sites for hydroxylation is 1. The van der Waals surface area contributed by atoms with Crippen molar-refractivity contribution in [2.75, 3.05) is 13.1 Å². The van der Waals surface area contributed by atoms with Crippen LogP contribution >= 0.6 is 0 Å². The van der Waals surface area contributed by atoms with Crippen LogP contribution in [0.25, 0.3) is 10.9 Å². The molecule has 2 aromatic rings. The first-order valence-corrected chi connectivity index (χ1v) is 7.97. The maximum atomic E-state index is 12.7. The molecule has 0 saturated carbocycles. The van der Waals surface area contributed by atoms with E-state index in [4.69, 9.17) is 0 Å². The molecule has 3 rings (SSSR count). The molecule has 1 saturated heterocycles. The summed E-state index contributed by atoms with van der Waals surface area (Å²) in [6.45, 7) is 8.12. The molecule has 1 N–H and O–H groups in total. The molecule has 1 fully saturated rings. The first kappa shape index (κ1) is 15.0. The van der Waals surface area contributed by atoms with Crippen LogP contribution < -0.4 is 11.2 Å². The van der Waals surface area contributed by atoms with Gasteiger partial charge in [-0.15, -0.1) is 0 Å². The molecule has 0 atom stereocenters. The predicted molar refractivity (Wildman–Crippen MR) is 88.5 cm³/mol. The summed E-state index contributed by atoms with van der Waals surface area (Å²) >= 11 is 0. The first-order chi connectivity index (χ1) is 10.5. The van der Waals surface area contributed by atoms with Gasteiger partial charge in [-0.2, -0.15) is 0 Å². The minimum atomic E-state index is -0.283. The van der Waals surface area contributed by atoms with Crippen LogP contribution in [0.2, 0.25) is 0 Å². The second kappa shape index (κ2) is 5.72. The van der Waals surface area contributed by atoms with Gasteiger partial charge in [0.15, 0.2) is 0 Å². The van der Waals surface area contributed by atoms with Gasteiger partial charge >= 0.3 is 5.69 Å². The van der Waals surface area contributed by atoms with Crippen molar-refractivity contribution < 1.29 is 0 Å². The molecule has 0 bridgehead atoms. The monoisotopic (exact) mass is 301 g/mol. The van der Waals surface area contributed by atoms with Crippen LogP contribution in [0.4, 0.5) is 0 Å². The number of nitrogens with one attached hydrogen (secondary N) is 1. The largest absolute Gasteiger partial charge is 0.329 e. The van der Waals surface area contributed by atoms with Gasteiger partial charge in [-0.05, 0) is 45.2 Å². The molecule has 1 aliphatic rings. The van der Waals surface area contributed by atoms with E-state index in [9.17, 15) is 9.59 Å². The molecule has 22 heavy (non-hydrogen) atoms. The normalized spacial score (nSPS) is 17.5. The van der Waals surface area contributed by atoms with Crippen LogP contribution in [-0.4, -0.2) is 33.6 Å². The molecular weight excluding hydrogens is 278 g/mol. The lowest BCUT2D eigenvalue weighted by molar-refractivity contribution is 0.149. The second-order valence-corrected chi connectivity index (χ2v) is 6.46. The number of piperidine rings is 1. The number of aromatic amines is 1. The number of para-hydroxylation sites is 1. The molecule has 0 spiro atoms. The third-order valence-corrected chi connectivity index (χ3v) is 4.77. The van der Waals surface area contributed by atoms with Gasteiger partial charge in [0.25, 0.3) is 5.56 Å². The SMILES string of the molecule is Cc1cccc2c(=O)n(C3CCN(C(C)C)CC3)c(=O)[nH]c12. The van der Waals surface area contributed by atoms with E-state index in [0.29, 0.717) is 16.9 Å². The Kier molecular flexibility index (Phi) is 3.91. The van der Waals surface area contributed by atoms with Gasteiger partial charge in [0, 0.05) is 25.2 Å². The number of rotatable bonds is 2. The van der Waals surface area contributed by atoms with Crippen LogP contribution in [0.3, 0.4) is 0 Å². The molecule has 0 amide bonds. The molecule has 0 unspecified atom stereocenters. The van der Waals surface area contributed by atoms with E-state index in [1.54, 1.807) is 6.07 Å². The fraction of sp³-hybridized carbons (Fsp3) is 0.529. The van der Waals surface area contributed by atoms with Crippen molar-refractivity contribution in [3.8, 4) is 0 Å². The van der Waals surface area contributed by atoms with Gasteiger partial charge in [-0.25, -0.2) is 4.79 Å². The maximum absolute atomic E-state index is 12.7. The van der Waals surface area contributed by atoms with Crippen LogP contribution in [-0.2, 0) is 0 Å².